The number of rotatable bonds is 5. The number of hydrogen-bond acceptors (Lipinski definition) is 4. The molecule has 0 fully saturated rings. The van der Waals surface area contributed by atoms with Crippen LogP contribution in [0.3, 0.4) is 0 Å². The number of carbonyl (C=O) groups excluding carboxylic acids is 2. The number of alkyl halides is 3. The summed E-state index contributed by atoms with van der Waals surface area (Å²) in [5, 5.41) is 11.3. The van der Waals surface area contributed by atoms with Gasteiger partial charge in [-0.15, -0.1) is 0 Å². The Labute approximate surface area is 177 Å². The number of ether oxygens (including phenoxy) is 1. The fraction of sp³-hybridized carbons (Fsp3) is 0.211. The third kappa shape index (κ3) is 6.31. The van der Waals surface area contributed by atoms with Crippen molar-refractivity contribution in [2.75, 3.05) is 16.8 Å². The molecular formula is C19H16Cl3N3O3. The number of carbonyl (C=O) groups is 2. The molecule has 28 heavy (non-hydrogen) atoms. The highest BCUT2D eigenvalue weighted by atomic mass is 35.6. The summed E-state index contributed by atoms with van der Waals surface area (Å²) in [6.07, 6.45) is -0.520. The van der Waals surface area contributed by atoms with Crippen LogP contribution in [-0.2, 0) is 4.79 Å². The number of anilines is 2. The van der Waals surface area contributed by atoms with Gasteiger partial charge >= 0.3 is 6.09 Å². The topological polar surface area (TPSA) is 82.4 Å². The summed E-state index contributed by atoms with van der Waals surface area (Å²) in [5.41, 5.74) is 1.87. The fourth-order valence-electron chi connectivity index (χ4n) is 2.28. The van der Waals surface area contributed by atoms with Crippen molar-refractivity contribution in [3.8, 4) is 11.8 Å². The van der Waals surface area contributed by atoms with Gasteiger partial charge in [-0.25, -0.2) is 4.79 Å². The molecule has 1 N–H and O–H groups in total. The summed E-state index contributed by atoms with van der Waals surface area (Å²) in [5.74, 6) is -0.655. The zero-order chi connectivity index (χ0) is 20.7. The van der Waals surface area contributed by atoms with Crippen LogP contribution < -0.4 is 15.0 Å². The molecule has 0 saturated heterocycles. The van der Waals surface area contributed by atoms with Gasteiger partial charge in [0.2, 0.25) is 0 Å². The van der Waals surface area contributed by atoms with Gasteiger partial charge in [0, 0.05) is 24.0 Å². The predicted octanol–water partition coefficient (Wildman–Crippen LogP) is 5.22. The third-order valence-corrected chi connectivity index (χ3v) is 4.05. The number of aryl methyl sites for hydroxylation is 1. The molecule has 0 radical (unpaired) electrons. The molecule has 0 heterocycles. The molecule has 6 nitrogen and oxygen atoms in total. The van der Waals surface area contributed by atoms with E-state index in [1.807, 2.05) is 31.2 Å². The number of amides is 2. The molecule has 0 aliphatic carbocycles. The predicted molar refractivity (Wildman–Crippen MR) is 110 cm³/mol. The van der Waals surface area contributed by atoms with Crippen LogP contribution in [-0.4, -0.2) is 22.3 Å². The molecule has 2 aromatic rings. The first-order valence-electron chi connectivity index (χ1n) is 8.12. The van der Waals surface area contributed by atoms with Crippen molar-refractivity contribution in [2.24, 2.45) is 0 Å². The molecule has 0 aromatic heterocycles. The minimum absolute atomic E-state index is 0.141. The Morgan fingerprint density at radius 2 is 1.89 bits per heavy atom. The Balaban J connectivity index is 2.18. The average molecular weight is 441 g/mol. The maximum atomic E-state index is 12.7. The number of nitrogens with zero attached hydrogens (tertiary/aromatic N) is 2. The van der Waals surface area contributed by atoms with E-state index in [9.17, 15) is 9.59 Å². The summed E-state index contributed by atoms with van der Waals surface area (Å²) in [6.45, 7) is 2.07. The number of hydrogen-bond donors (Lipinski definition) is 1. The molecule has 0 unspecified atom stereocenters. The number of benzene rings is 2. The normalized spacial score (nSPS) is 10.7. The third-order valence-electron chi connectivity index (χ3n) is 3.54. The van der Waals surface area contributed by atoms with E-state index >= 15 is 0 Å². The maximum absolute atomic E-state index is 12.7. The van der Waals surface area contributed by atoms with Crippen molar-refractivity contribution < 1.29 is 14.3 Å². The Morgan fingerprint density at radius 3 is 2.54 bits per heavy atom. The van der Waals surface area contributed by atoms with E-state index in [1.54, 1.807) is 24.3 Å². The smallest absolute Gasteiger partial charge is 0.410 e. The molecular weight excluding hydrogens is 425 g/mol. The van der Waals surface area contributed by atoms with Crippen LogP contribution in [0, 0.1) is 18.3 Å². The highest BCUT2D eigenvalue weighted by Crippen LogP contribution is 2.28. The van der Waals surface area contributed by atoms with Crippen molar-refractivity contribution in [1.29, 1.82) is 5.26 Å². The minimum Gasteiger partial charge on any atom is -0.410 e. The lowest BCUT2D eigenvalue weighted by Gasteiger charge is -2.21. The summed E-state index contributed by atoms with van der Waals surface area (Å²) < 4.78 is 3.28. The molecule has 2 aromatic carbocycles. The molecule has 0 aliphatic heterocycles. The quantitative estimate of drug-likeness (QED) is 0.646. The average Bonchev–Trinajstić information content (AvgIpc) is 2.61. The monoisotopic (exact) mass is 439 g/mol. The second-order valence-electron chi connectivity index (χ2n) is 5.75. The maximum Gasteiger partial charge on any atom is 0.419 e. The molecule has 0 bridgehead atoms. The second kappa shape index (κ2) is 9.65. The van der Waals surface area contributed by atoms with E-state index in [2.05, 4.69) is 5.32 Å². The van der Waals surface area contributed by atoms with Crippen molar-refractivity contribution in [2.45, 2.75) is 17.1 Å². The van der Waals surface area contributed by atoms with Gasteiger partial charge in [0.15, 0.2) is 0 Å². The van der Waals surface area contributed by atoms with Gasteiger partial charge in [-0.1, -0.05) is 53.0 Å². The van der Waals surface area contributed by atoms with E-state index in [1.165, 1.54) is 11.0 Å². The standard InChI is InChI=1S/C19H16Cl3N3O3/c1-13-5-2-7-15(11-13)25(10-4-9-23)18(27)28-16-8-3-6-14(12-16)24-17(26)19(20,21)22/h2-3,5-8,11-12H,4,10H2,1H3,(H,24,26). The van der Waals surface area contributed by atoms with E-state index in [0.717, 1.165) is 5.56 Å². The molecule has 2 amide bonds. The highest BCUT2D eigenvalue weighted by molar-refractivity contribution is 6.76. The lowest BCUT2D eigenvalue weighted by Crippen LogP contribution is -2.34. The summed E-state index contributed by atoms with van der Waals surface area (Å²) >= 11 is 16.6. The zero-order valence-electron chi connectivity index (χ0n) is 14.8. The van der Waals surface area contributed by atoms with Crippen LogP contribution in [0.2, 0.25) is 0 Å². The second-order valence-corrected chi connectivity index (χ2v) is 8.03. The lowest BCUT2D eigenvalue weighted by molar-refractivity contribution is -0.115. The fourth-order valence-corrected chi connectivity index (χ4v) is 2.42. The minimum atomic E-state index is -2.12. The van der Waals surface area contributed by atoms with E-state index in [4.69, 9.17) is 44.8 Å². The van der Waals surface area contributed by atoms with E-state index < -0.39 is 15.8 Å². The summed E-state index contributed by atoms with van der Waals surface area (Å²) in [6, 6.07) is 15.4. The van der Waals surface area contributed by atoms with Crippen molar-refractivity contribution in [1.82, 2.24) is 0 Å². The summed E-state index contributed by atoms with van der Waals surface area (Å²) in [4.78, 5) is 25.8. The van der Waals surface area contributed by atoms with Crippen LogP contribution in [0.4, 0.5) is 16.2 Å². The number of nitrogens with one attached hydrogen (secondary N) is 1. The van der Waals surface area contributed by atoms with Crippen molar-refractivity contribution in [3.05, 3.63) is 54.1 Å². The summed E-state index contributed by atoms with van der Waals surface area (Å²) in [7, 11) is 0. The first kappa shape index (κ1) is 21.8. The Bertz CT molecular complexity index is 907. The molecule has 0 atom stereocenters. The largest absolute Gasteiger partial charge is 0.419 e. The first-order chi connectivity index (χ1) is 13.2. The van der Waals surface area contributed by atoms with Gasteiger partial charge in [-0.05, 0) is 36.8 Å². The molecule has 146 valence electrons. The lowest BCUT2D eigenvalue weighted by atomic mass is 10.2. The molecule has 9 heteroatoms. The highest BCUT2D eigenvalue weighted by Gasteiger charge is 2.30. The van der Waals surface area contributed by atoms with Gasteiger partial charge in [-0.3, -0.25) is 9.69 Å². The van der Waals surface area contributed by atoms with Crippen LogP contribution in [0.25, 0.3) is 0 Å². The number of nitriles is 1. The van der Waals surface area contributed by atoms with Gasteiger partial charge in [0.25, 0.3) is 9.70 Å². The first-order valence-corrected chi connectivity index (χ1v) is 9.25. The van der Waals surface area contributed by atoms with Crippen molar-refractivity contribution in [3.63, 3.8) is 0 Å². The van der Waals surface area contributed by atoms with Gasteiger partial charge in [0.05, 0.1) is 12.5 Å². The van der Waals surface area contributed by atoms with Gasteiger partial charge in [0.1, 0.15) is 5.75 Å². The number of halogens is 3. The van der Waals surface area contributed by atoms with Crippen LogP contribution in [0.15, 0.2) is 48.5 Å². The van der Waals surface area contributed by atoms with Gasteiger partial charge in [-0.2, -0.15) is 5.26 Å². The Kier molecular flexibility index (Phi) is 7.53. The SMILES string of the molecule is Cc1cccc(N(CCC#N)C(=O)Oc2cccc(NC(=O)C(Cl)(Cl)Cl)c2)c1. The van der Waals surface area contributed by atoms with Crippen LogP contribution in [0.1, 0.15) is 12.0 Å². The van der Waals surface area contributed by atoms with Crippen LogP contribution >= 0.6 is 34.8 Å². The Hall–Kier alpha value is -2.46. The van der Waals surface area contributed by atoms with E-state index in [-0.39, 0.29) is 18.7 Å². The van der Waals surface area contributed by atoms with E-state index in [0.29, 0.717) is 11.4 Å². The van der Waals surface area contributed by atoms with Crippen LogP contribution in [0.5, 0.6) is 5.75 Å². The molecule has 0 spiro atoms. The van der Waals surface area contributed by atoms with Crippen molar-refractivity contribution >= 4 is 58.2 Å². The Morgan fingerprint density at radius 1 is 1.18 bits per heavy atom. The molecule has 0 aliphatic rings. The molecule has 0 saturated carbocycles. The van der Waals surface area contributed by atoms with Gasteiger partial charge < -0.3 is 10.1 Å². The zero-order valence-corrected chi connectivity index (χ0v) is 17.1. The molecule has 2 rings (SSSR count).